The topological polar surface area (TPSA) is 43.8 Å². The van der Waals surface area contributed by atoms with E-state index < -0.39 is 0 Å². The van der Waals surface area contributed by atoms with Crippen LogP contribution in [0.15, 0.2) is 34.8 Å². The zero-order valence-electron chi connectivity index (χ0n) is 9.86. The number of nitrogens with two attached hydrogens (primary N) is 1. The number of hydrogen-bond donors (Lipinski definition) is 1. The quantitative estimate of drug-likeness (QED) is 0.934. The standard InChI is InChI=1S/C13H16BrN3/c1-2-3-7-17-13(15)9-12(16-17)10-5-4-6-11(14)8-10/h4-6,8-9H,2-3,7,15H2,1H3. The molecule has 2 N–H and O–H groups in total. The van der Waals surface area contributed by atoms with Crippen LogP contribution in [0.4, 0.5) is 5.82 Å². The first-order valence-electron chi connectivity index (χ1n) is 5.80. The molecule has 0 aliphatic carbocycles. The molecule has 0 amide bonds. The van der Waals surface area contributed by atoms with Gasteiger partial charge in [-0.2, -0.15) is 5.10 Å². The van der Waals surface area contributed by atoms with Crippen molar-refractivity contribution in [2.75, 3.05) is 5.73 Å². The minimum Gasteiger partial charge on any atom is -0.384 e. The summed E-state index contributed by atoms with van der Waals surface area (Å²) in [7, 11) is 0. The minimum absolute atomic E-state index is 0.730. The van der Waals surface area contributed by atoms with Crippen molar-refractivity contribution in [3.8, 4) is 11.3 Å². The van der Waals surface area contributed by atoms with Gasteiger partial charge in [-0.25, -0.2) is 4.68 Å². The van der Waals surface area contributed by atoms with E-state index in [-0.39, 0.29) is 0 Å². The summed E-state index contributed by atoms with van der Waals surface area (Å²) in [6.45, 7) is 3.05. The molecule has 3 nitrogen and oxygen atoms in total. The highest BCUT2D eigenvalue weighted by Crippen LogP contribution is 2.23. The average Bonchev–Trinajstić information content (AvgIpc) is 2.68. The summed E-state index contributed by atoms with van der Waals surface area (Å²) in [6.07, 6.45) is 2.25. The molecular weight excluding hydrogens is 278 g/mol. The summed E-state index contributed by atoms with van der Waals surface area (Å²) in [5.74, 6) is 0.730. The van der Waals surface area contributed by atoms with Gasteiger partial charge in [-0.3, -0.25) is 0 Å². The lowest BCUT2D eigenvalue weighted by molar-refractivity contribution is 0.580. The van der Waals surface area contributed by atoms with Crippen molar-refractivity contribution < 1.29 is 0 Å². The van der Waals surface area contributed by atoms with E-state index in [1.54, 1.807) is 0 Å². The van der Waals surface area contributed by atoms with Crippen molar-refractivity contribution in [2.45, 2.75) is 26.3 Å². The van der Waals surface area contributed by atoms with Crippen LogP contribution in [0.3, 0.4) is 0 Å². The fourth-order valence-corrected chi connectivity index (χ4v) is 2.11. The maximum atomic E-state index is 5.95. The number of aryl methyl sites for hydroxylation is 1. The molecule has 0 atom stereocenters. The van der Waals surface area contributed by atoms with Crippen LogP contribution in [0.5, 0.6) is 0 Å². The lowest BCUT2D eigenvalue weighted by atomic mass is 10.2. The normalized spacial score (nSPS) is 10.7. The fourth-order valence-electron chi connectivity index (χ4n) is 1.71. The van der Waals surface area contributed by atoms with E-state index in [0.29, 0.717) is 0 Å². The maximum absolute atomic E-state index is 5.95. The molecule has 1 heterocycles. The smallest absolute Gasteiger partial charge is 0.122 e. The summed E-state index contributed by atoms with van der Waals surface area (Å²) < 4.78 is 2.93. The molecule has 0 fully saturated rings. The molecule has 0 aliphatic heterocycles. The molecular formula is C13H16BrN3. The van der Waals surface area contributed by atoms with Crippen molar-refractivity contribution in [3.63, 3.8) is 0 Å². The van der Waals surface area contributed by atoms with Gasteiger partial charge in [0.25, 0.3) is 0 Å². The van der Waals surface area contributed by atoms with Crippen molar-refractivity contribution in [1.82, 2.24) is 9.78 Å². The Bertz CT molecular complexity index is 505. The Hall–Kier alpha value is -1.29. The minimum atomic E-state index is 0.730. The van der Waals surface area contributed by atoms with E-state index in [1.807, 2.05) is 35.0 Å². The lowest BCUT2D eigenvalue weighted by Gasteiger charge is -2.01. The summed E-state index contributed by atoms with van der Waals surface area (Å²) in [6, 6.07) is 10.0. The summed E-state index contributed by atoms with van der Waals surface area (Å²) in [5.41, 5.74) is 7.96. The SMILES string of the molecule is CCCCn1nc(-c2cccc(Br)c2)cc1N. The second-order valence-electron chi connectivity index (χ2n) is 4.04. The number of rotatable bonds is 4. The highest BCUT2D eigenvalue weighted by molar-refractivity contribution is 9.10. The van der Waals surface area contributed by atoms with Crippen LogP contribution in [0.25, 0.3) is 11.3 Å². The Morgan fingerprint density at radius 1 is 1.35 bits per heavy atom. The van der Waals surface area contributed by atoms with Crippen LogP contribution in [-0.4, -0.2) is 9.78 Å². The summed E-state index contributed by atoms with van der Waals surface area (Å²) >= 11 is 3.46. The number of nitrogens with zero attached hydrogens (tertiary/aromatic N) is 2. The Labute approximate surface area is 110 Å². The Balaban J connectivity index is 2.28. The summed E-state index contributed by atoms with van der Waals surface area (Å²) in [4.78, 5) is 0. The third-order valence-electron chi connectivity index (χ3n) is 2.65. The largest absolute Gasteiger partial charge is 0.384 e. The van der Waals surface area contributed by atoms with Gasteiger partial charge in [0.2, 0.25) is 0 Å². The van der Waals surface area contributed by atoms with Crippen LogP contribution in [-0.2, 0) is 6.54 Å². The predicted octanol–water partition coefficient (Wildman–Crippen LogP) is 3.69. The van der Waals surface area contributed by atoms with E-state index in [2.05, 4.69) is 28.0 Å². The molecule has 2 aromatic rings. The zero-order chi connectivity index (χ0) is 12.3. The van der Waals surface area contributed by atoms with Crippen LogP contribution in [0.2, 0.25) is 0 Å². The number of aromatic nitrogens is 2. The van der Waals surface area contributed by atoms with Gasteiger partial charge in [-0.1, -0.05) is 41.4 Å². The molecule has 0 spiro atoms. The van der Waals surface area contributed by atoms with Crippen LogP contribution >= 0.6 is 15.9 Å². The highest BCUT2D eigenvalue weighted by atomic mass is 79.9. The van der Waals surface area contributed by atoms with E-state index >= 15 is 0 Å². The highest BCUT2D eigenvalue weighted by Gasteiger charge is 2.06. The Kier molecular flexibility index (Phi) is 3.84. The number of benzene rings is 1. The van der Waals surface area contributed by atoms with Gasteiger partial charge in [0.15, 0.2) is 0 Å². The Morgan fingerprint density at radius 3 is 2.88 bits per heavy atom. The van der Waals surface area contributed by atoms with Crippen molar-refractivity contribution >= 4 is 21.7 Å². The molecule has 1 aromatic carbocycles. The van der Waals surface area contributed by atoms with E-state index in [0.717, 1.165) is 40.9 Å². The fraction of sp³-hybridized carbons (Fsp3) is 0.308. The molecule has 90 valence electrons. The molecule has 0 aliphatic rings. The second-order valence-corrected chi connectivity index (χ2v) is 4.96. The molecule has 1 aromatic heterocycles. The van der Waals surface area contributed by atoms with Crippen molar-refractivity contribution in [2.24, 2.45) is 0 Å². The third-order valence-corrected chi connectivity index (χ3v) is 3.15. The molecule has 17 heavy (non-hydrogen) atoms. The van der Waals surface area contributed by atoms with Crippen LogP contribution in [0.1, 0.15) is 19.8 Å². The number of anilines is 1. The first-order chi connectivity index (χ1) is 8.20. The molecule has 0 saturated carbocycles. The van der Waals surface area contributed by atoms with Gasteiger partial charge in [-0.05, 0) is 18.6 Å². The van der Waals surface area contributed by atoms with Gasteiger partial charge in [-0.15, -0.1) is 0 Å². The van der Waals surface area contributed by atoms with E-state index in [1.165, 1.54) is 0 Å². The van der Waals surface area contributed by atoms with Crippen LogP contribution < -0.4 is 5.73 Å². The van der Waals surface area contributed by atoms with Crippen molar-refractivity contribution in [1.29, 1.82) is 0 Å². The number of hydrogen-bond acceptors (Lipinski definition) is 2. The predicted molar refractivity (Wildman–Crippen MR) is 74.7 cm³/mol. The molecule has 2 rings (SSSR count). The Morgan fingerprint density at radius 2 is 2.18 bits per heavy atom. The molecule has 0 radical (unpaired) electrons. The third kappa shape index (κ3) is 2.88. The van der Waals surface area contributed by atoms with Gasteiger partial charge in [0.05, 0.1) is 5.69 Å². The molecule has 0 unspecified atom stereocenters. The lowest BCUT2D eigenvalue weighted by Crippen LogP contribution is -2.04. The number of unbranched alkanes of at least 4 members (excludes halogenated alkanes) is 1. The van der Waals surface area contributed by atoms with E-state index in [4.69, 9.17) is 5.73 Å². The van der Waals surface area contributed by atoms with Gasteiger partial charge < -0.3 is 5.73 Å². The molecule has 0 bridgehead atoms. The van der Waals surface area contributed by atoms with Gasteiger partial charge in [0.1, 0.15) is 5.82 Å². The monoisotopic (exact) mass is 293 g/mol. The van der Waals surface area contributed by atoms with Gasteiger partial charge in [0, 0.05) is 22.6 Å². The first-order valence-corrected chi connectivity index (χ1v) is 6.59. The van der Waals surface area contributed by atoms with E-state index in [9.17, 15) is 0 Å². The zero-order valence-corrected chi connectivity index (χ0v) is 11.4. The average molecular weight is 294 g/mol. The number of nitrogen functional groups attached to an aromatic ring is 1. The number of halogens is 1. The maximum Gasteiger partial charge on any atom is 0.122 e. The second kappa shape index (κ2) is 5.36. The van der Waals surface area contributed by atoms with Crippen molar-refractivity contribution in [3.05, 3.63) is 34.8 Å². The summed E-state index contributed by atoms with van der Waals surface area (Å²) in [5, 5.41) is 4.53. The van der Waals surface area contributed by atoms with Crippen LogP contribution in [0, 0.1) is 0 Å². The molecule has 4 heteroatoms. The molecule has 0 saturated heterocycles. The first kappa shape index (κ1) is 12.2. The van der Waals surface area contributed by atoms with Gasteiger partial charge >= 0.3 is 0 Å².